The summed E-state index contributed by atoms with van der Waals surface area (Å²) in [7, 11) is 0. The molecule has 100 valence electrons. The van der Waals surface area contributed by atoms with Crippen LogP contribution in [0.4, 0.5) is 0 Å². The largest absolute Gasteiger partial charge is 0.354 e. The van der Waals surface area contributed by atoms with Gasteiger partial charge in [0.25, 0.3) is 0 Å². The number of carbonyl (C=O) groups is 1. The molecule has 1 aliphatic heterocycles. The topological polar surface area (TPSA) is 41.1 Å². The van der Waals surface area contributed by atoms with Crippen LogP contribution in [0.2, 0.25) is 0 Å². The SMILES string of the molecule is CC(C)CNC(=O)C(C)NC1CCCSC1C. The molecule has 1 rings (SSSR count). The van der Waals surface area contributed by atoms with Crippen LogP contribution < -0.4 is 10.6 Å². The zero-order chi connectivity index (χ0) is 12.8. The van der Waals surface area contributed by atoms with Crippen molar-refractivity contribution in [3.8, 4) is 0 Å². The molecule has 0 radical (unpaired) electrons. The highest BCUT2D eigenvalue weighted by Gasteiger charge is 2.25. The van der Waals surface area contributed by atoms with Crippen LogP contribution in [0.25, 0.3) is 0 Å². The van der Waals surface area contributed by atoms with E-state index in [4.69, 9.17) is 0 Å². The average Bonchev–Trinajstić information content (AvgIpc) is 2.28. The first kappa shape index (κ1) is 14.8. The molecule has 0 aromatic carbocycles. The van der Waals surface area contributed by atoms with E-state index in [1.165, 1.54) is 18.6 Å². The summed E-state index contributed by atoms with van der Waals surface area (Å²) in [5.41, 5.74) is 0. The number of amides is 1. The fourth-order valence-corrected chi connectivity index (χ4v) is 3.15. The van der Waals surface area contributed by atoms with Crippen molar-refractivity contribution in [3.63, 3.8) is 0 Å². The van der Waals surface area contributed by atoms with Crippen LogP contribution in [0.15, 0.2) is 0 Å². The van der Waals surface area contributed by atoms with E-state index < -0.39 is 0 Å². The first-order chi connectivity index (χ1) is 8.00. The molecule has 1 fully saturated rings. The summed E-state index contributed by atoms with van der Waals surface area (Å²) in [6.45, 7) is 9.19. The van der Waals surface area contributed by atoms with Gasteiger partial charge in [0.15, 0.2) is 0 Å². The molecule has 1 aliphatic rings. The lowest BCUT2D eigenvalue weighted by atomic mass is 10.1. The number of nitrogens with one attached hydrogen (secondary N) is 2. The molecule has 3 unspecified atom stereocenters. The quantitative estimate of drug-likeness (QED) is 0.793. The standard InChI is InChI=1S/C13H26N2OS/c1-9(2)8-14-13(16)10(3)15-12-6-5-7-17-11(12)4/h9-12,15H,5-8H2,1-4H3,(H,14,16). The predicted molar refractivity (Wildman–Crippen MR) is 75.4 cm³/mol. The monoisotopic (exact) mass is 258 g/mol. The third-order valence-electron chi connectivity index (χ3n) is 3.15. The van der Waals surface area contributed by atoms with Crippen molar-refractivity contribution < 1.29 is 4.79 Å². The van der Waals surface area contributed by atoms with Gasteiger partial charge in [-0.15, -0.1) is 0 Å². The second-order valence-electron chi connectivity index (χ2n) is 5.35. The highest BCUT2D eigenvalue weighted by atomic mass is 32.2. The molecular formula is C13H26N2OS. The van der Waals surface area contributed by atoms with Crippen LogP contribution in [0.5, 0.6) is 0 Å². The lowest BCUT2D eigenvalue weighted by Crippen LogP contribution is -2.50. The van der Waals surface area contributed by atoms with Gasteiger partial charge < -0.3 is 10.6 Å². The summed E-state index contributed by atoms with van der Waals surface area (Å²) in [5.74, 6) is 1.89. The molecule has 17 heavy (non-hydrogen) atoms. The van der Waals surface area contributed by atoms with Crippen LogP contribution in [0.1, 0.15) is 40.5 Å². The molecule has 3 atom stereocenters. The van der Waals surface area contributed by atoms with Crippen molar-refractivity contribution in [1.82, 2.24) is 10.6 Å². The Labute approximate surface area is 109 Å². The minimum atomic E-state index is -0.0834. The maximum absolute atomic E-state index is 11.8. The summed E-state index contributed by atoms with van der Waals surface area (Å²) >= 11 is 2.00. The van der Waals surface area contributed by atoms with E-state index in [-0.39, 0.29) is 11.9 Å². The van der Waals surface area contributed by atoms with Crippen LogP contribution in [-0.4, -0.2) is 35.5 Å². The second kappa shape index (κ2) is 7.27. The first-order valence-electron chi connectivity index (χ1n) is 6.66. The Hall–Kier alpha value is -0.220. The van der Waals surface area contributed by atoms with Crippen molar-refractivity contribution >= 4 is 17.7 Å². The van der Waals surface area contributed by atoms with E-state index in [1.807, 2.05) is 18.7 Å². The number of hydrogen-bond donors (Lipinski definition) is 2. The highest BCUT2D eigenvalue weighted by molar-refractivity contribution is 7.99. The van der Waals surface area contributed by atoms with E-state index >= 15 is 0 Å². The Morgan fingerprint density at radius 3 is 2.71 bits per heavy atom. The van der Waals surface area contributed by atoms with Gasteiger partial charge in [0.2, 0.25) is 5.91 Å². The molecule has 0 saturated carbocycles. The van der Waals surface area contributed by atoms with Crippen molar-refractivity contribution in [2.45, 2.75) is 57.9 Å². The van der Waals surface area contributed by atoms with Gasteiger partial charge in [0, 0.05) is 17.8 Å². The van der Waals surface area contributed by atoms with Gasteiger partial charge in [-0.3, -0.25) is 4.79 Å². The Kier molecular flexibility index (Phi) is 6.34. The zero-order valence-electron chi connectivity index (χ0n) is 11.5. The maximum atomic E-state index is 11.8. The van der Waals surface area contributed by atoms with Gasteiger partial charge in [-0.1, -0.05) is 20.8 Å². The van der Waals surface area contributed by atoms with Gasteiger partial charge >= 0.3 is 0 Å². The highest BCUT2D eigenvalue weighted by Crippen LogP contribution is 2.25. The third-order valence-corrected chi connectivity index (χ3v) is 4.53. The smallest absolute Gasteiger partial charge is 0.236 e. The number of carbonyl (C=O) groups excluding carboxylic acids is 1. The van der Waals surface area contributed by atoms with E-state index in [9.17, 15) is 4.79 Å². The molecule has 1 heterocycles. The van der Waals surface area contributed by atoms with Crippen molar-refractivity contribution in [3.05, 3.63) is 0 Å². The lowest BCUT2D eigenvalue weighted by molar-refractivity contribution is -0.123. The van der Waals surface area contributed by atoms with Gasteiger partial charge in [-0.05, 0) is 31.4 Å². The van der Waals surface area contributed by atoms with Gasteiger partial charge in [-0.2, -0.15) is 11.8 Å². The second-order valence-corrected chi connectivity index (χ2v) is 6.84. The van der Waals surface area contributed by atoms with Crippen LogP contribution in [-0.2, 0) is 4.79 Å². The molecule has 1 saturated heterocycles. The Morgan fingerprint density at radius 1 is 1.41 bits per heavy atom. The fraction of sp³-hybridized carbons (Fsp3) is 0.923. The number of thioether (sulfide) groups is 1. The summed E-state index contributed by atoms with van der Waals surface area (Å²) < 4.78 is 0. The average molecular weight is 258 g/mol. The van der Waals surface area contributed by atoms with Crippen LogP contribution in [0.3, 0.4) is 0 Å². The zero-order valence-corrected chi connectivity index (χ0v) is 12.3. The van der Waals surface area contributed by atoms with Gasteiger partial charge in [-0.25, -0.2) is 0 Å². The Balaban J connectivity index is 2.31. The first-order valence-corrected chi connectivity index (χ1v) is 7.71. The summed E-state index contributed by atoms with van der Waals surface area (Å²) in [4.78, 5) is 11.8. The molecule has 2 N–H and O–H groups in total. The van der Waals surface area contributed by atoms with Crippen LogP contribution >= 0.6 is 11.8 Å². The normalized spacial score (nSPS) is 26.9. The molecule has 0 aromatic heterocycles. The maximum Gasteiger partial charge on any atom is 0.236 e. The van der Waals surface area contributed by atoms with Crippen molar-refractivity contribution in [2.24, 2.45) is 5.92 Å². The predicted octanol–water partition coefficient (Wildman–Crippen LogP) is 2.02. The number of rotatable bonds is 5. The fourth-order valence-electron chi connectivity index (χ4n) is 2.00. The minimum Gasteiger partial charge on any atom is -0.354 e. The molecule has 3 nitrogen and oxygen atoms in total. The van der Waals surface area contributed by atoms with E-state index in [0.29, 0.717) is 17.2 Å². The Morgan fingerprint density at radius 2 is 2.12 bits per heavy atom. The molecule has 0 bridgehead atoms. The van der Waals surface area contributed by atoms with Gasteiger partial charge in [0.1, 0.15) is 0 Å². The van der Waals surface area contributed by atoms with E-state index in [0.717, 1.165) is 6.54 Å². The summed E-state index contributed by atoms with van der Waals surface area (Å²) in [6.07, 6.45) is 2.45. The van der Waals surface area contributed by atoms with Crippen molar-refractivity contribution in [2.75, 3.05) is 12.3 Å². The summed E-state index contributed by atoms with van der Waals surface area (Å²) in [6, 6.07) is 0.397. The molecule has 0 spiro atoms. The molecule has 4 heteroatoms. The molecule has 0 aliphatic carbocycles. The number of hydrogen-bond acceptors (Lipinski definition) is 3. The van der Waals surface area contributed by atoms with Gasteiger partial charge in [0.05, 0.1) is 6.04 Å². The van der Waals surface area contributed by atoms with Crippen molar-refractivity contribution in [1.29, 1.82) is 0 Å². The van der Waals surface area contributed by atoms with Crippen LogP contribution in [0, 0.1) is 5.92 Å². The summed E-state index contributed by atoms with van der Waals surface area (Å²) in [5, 5.41) is 7.05. The Bertz CT molecular complexity index is 246. The minimum absolute atomic E-state index is 0.0834. The lowest BCUT2D eigenvalue weighted by Gasteiger charge is -2.31. The molecule has 1 amide bonds. The van der Waals surface area contributed by atoms with E-state index in [2.05, 4.69) is 31.4 Å². The molecular weight excluding hydrogens is 232 g/mol. The van der Waals surface area contributed by atoms with E-state index in [1.54, 1.807) is 0 Å². The molecule has 0 aromatic rings. The third kappa shape index (κ3) is 5.30.